The molecule has 0 radical (unpaired) electrons. The number of fused-ring (bicyclic) bond motifs is 1. The van der Waals surface area contributed by atoms with E-state index in [1.165, 1.54) is 0 Å². The number of nitrogens with zero attached hydrogens (tertiary/aromatic N) is 4. The summed E-state index contributed by atoms with van der Waals surface area (Å²) in [6, 6.07) is 13.5. The molecule has 1 aliphatic heterocycles. The van der Waals surface area contributed by atoms with Gasteiger partial charge >= 0.3 is 0 Å². The number of rotatable bonds is 6. The number of benzene rings is 1. The van der Waals surface area contributed by atoms with E-state index in [9.17, 15) is 9.90 Å². The molecule has 3 aromatic rings. The highest BCUT2D eigenvalue weighted by atomic mass is 16.5. The van der Waals surface area contributed by atoms with Gasteiger partial charge in [-0.25, -0.2) is 0 Å². The van der Waals surface area contributed by atoms with Crippen molar-refractivity contribution in [3.05, 3.63) is 70.9 Å². The molecule has 0 unspecified atom stereocenters. The fraction of sp³-hybridized carbons (Fsp3) is 0.381. The Hall–Kier alpha value is -2.93. The van der Waals surface area contributed by atoms with Crippen molar-refractivity contribution in [2.45, 2.75) is 45.4 Å². The topological polar surface area (TPSA) is 84.4 Å². The molecule has 28 heavy (non-hydrogen) atoms. The highest BCUT2D eigenvalue weighted by Gasteiger charge is 2.26. The molecule has 0 spiro atoms. The zero-order valence-electron chi connectivity index (χ0n) is 15.9. The number of carbonyl (C=O) groups is 1. The second kappa shape index (κ2) is 7.98. The quantitative estimate of drug-likeness (QED) is 0.711. The van der Waals surface area contributed by atoms with Gasteiger partial charge in [0, 0.05) is 25.5 Å². The molecule has 1 amide bonds. The Morgan fingerprint density at radius 1 is 1.25 bits per heavy atom. The Kier molecular flexibility index (Phi) is 5.25. The molecule has 1 N–H and O–H groups in total. The number of aromatic nitrogens is 3. The maximum absolute atomic E-state index is 12.7. The third-order valence-corrected chi connectivity index (χ3v) is 4.99. The average Bonchev–Trinajstić information content (AvgIpc) is 3.35. The monoisotopic (exact) mass is 380 g/mol. The maximum Gasteiger partial charge on any atom is 0.276 e. The number of amides is 1. The molecular weight excluding hydrogens is 356 g/mol. The lowest BCUT2D eigenvalue weighted by Gasteiger charge is -2.26. The zero-order chi connectivity index (χ0) is 19.5. The van der Waals surface area contributed by atoms with Crippen molar-refractivity contribution in [3.8, 4) is 0 Å². The largest absolute Gasteiger partial charge is 0.386 e. The summed E-state index contributed by atoms with van der Waals surface area (Å²) < 4.78 is 7.10. The molecule has 0 saturated heterocycles. The molecule has 3 heterocycles. The van der Waals surface area contributed by atoms with E-state index in [0.717, 1.165) is 29.9 Å². The van der Waals surface area contributed by atoms with Gasteiger partial charge in [0.1, 0.15) is 11.9 Å². The SMILES string of the molecule is CCCc1cc(C(=O)N2CCn3nc([C@@H](O)Cc4ccccc4)cc3C2)no1. The van der Waals surface area contributed by atoms with Gasteiger partial charge in [-0.15, -0.1) is 0 Å². The minimum absolute atomic E-state index is 0.134. The molecule has 0 fully saturated rings. The van der Waals surface area contributed by atoms with Crippen LogP contribution in [0.4, 0.5) is 0 Å². The van der Waals surface area contributed by atoms with Crippen LogP contribution in [0.5, 0.6) is 0 Å². The minimum Gasteiger partial charge on any atom is -0.386 e. The van der Waals surface area contributed by atoms with Gasteiger partial charge in [-0.3, -0.25) is 9.48 Å². The van der Waals surface area contributed by atoms with E-state index < -0.39 is 6.10 Å². The molecule has 1 aliphatic rings. The van der Waals surface area contributed by atoms with E-state index in [4.69, 9.17) is 4.52 Å². The number of aliphatic hydroxyl groups is 1. The summed E-state index contributed by atoms with van der Waals surface area (Å²) in [5.41, 5.74) is 2.96. The van der Waals surface area contributed by atoms with Crippen LogP contribution in [0, 0.1) is 0 Å². The van der Waals surface area contributed by atoms with E-state index in [-0.39, 0.29) is 5.91 Å². The van der Waals surface area contributed by atoms with Crippen molar-refractivity contribution in [3.63, 3.8) is 0 Å². The maximum atomic E-state index is 12.7. The van der Waals surface area contributed by atoms with Crippen molar-refractivity contribution in [1.29, 1.82) is 0 Å². The summed E-state index contributed by atoms with van der Waals surface area (Å²) in [7, 11) is 0. The summed E-state index contributed by atoms with van der Waals surface area (Å²) in [6.45, 7) is 3.65. The van der Waals surface area contributed by atoms with Crippen molar-refractivity contribution in [1.82, 2.24) is 19.8 Å². The fourth-order valence-electron chi connectivity index (χ4n) is 3.51. The van der Waals surface area contributed by atoms with Crippen LogP contribution >= 0.6 is 0 Å². The molecule has 2 aromatic heterocycles. The van der Waals surface area contributed by atoms with Gasteiger partial charge in [-0.05, 0) is 18.1 Å². The van der Waals surface area contributed by atoms with E-state index in [1.807, 2.05) is 41.1 Å². The normalized spacial score (nSPS) is 14.7. The number of carbonyl (C=O) groups excluding carboxylic acids is 1. The summed E-state index contributed by atoms with van der Waals surface area (Å²) in [6.07, 6.45) is 1.56. The molecule has 4 rings (SSSR count). The van der Waals surface area contributed by atoms with Crippen molar-refractivity contribution < 1.29 is 14.4 Å². The van der Waals surface area contributed by atoms with Crippen LogP contribution < -0.4 is 0 Å². The zero-order valence-corrected chi connectivity index (χ0v) is 15.9. The summed E-state index contributed by atoms with van der Waals surface area (Å²) in [5.74, 6) is 0.601. The average molecular weight is 380 g/mol. The number of hydrogen-bond donors (Lipinski definition) is 1. The van der Waals surface area contributed by atoms with E-state index in [0.29, 0.717) is 37.4 Å². The molecule has 1 aromatic carbocycles. The first-order chi connectivity index (χ1) is 13.6. The van der Waals surface area contributed by atoms with Gasteiger partial charge in [0.2, 0.25) is 0 Å². The molecule has 7 nitrogen and oxygen atoms in total. The molecule has 7 heteroatoms. The lowest BCUT2D eigenvalue weighted by atomic mass is 10.1. The van der Waals surface area contributed by atoms with Gasteiger partial charge in [0.25, 0.3) is 5.91 Å². The van der Waals surface area contributed by atoms with E-state index in [1.54, 1.807) is 11.0 Å². The minimum atomic E-state index is -0.670. The van der Waals surface area contributed by atoms with Gasteiger partial charge in [0.15, 0.2) is 5.69 Å². The Balaban J connectivity index is 1.44. The number of aliphatic hydroxyl groups excluding tert-OH is 1. The molecule has 146 valence electrons. The first-order valence-electron chi connectivity index (χ1n) is 9.67. The first-order valence-corrected chi connectivity index (χ1v) is 9.67. The summed E-state index contributed by atoms with van der Waals surface area (Å²) in [4.78, 5) is 14.5. The first kappa shape index (κ1) is 18.4. The molecule has 0 bridgehead atoms. The molecule has 0 saturated carbocycles. The van der Waals surface area contributed by atoms with Crippen LogP contribution in [0.15, 0.2) is 47.0 Å². The lowest BCUT2D eigenvalue weighted by Crippen LogP contribution is -2.38. The Morgan fingerprint density at radius 3 is 2.86 bits per heavy atom. The number of hydrogen-bond acceptors (Lipinski definition) is 5. The van der Waals surface area contributed by atoms with Crippen LogP contribution in [0.2, 0.25) is 0 Å². The summed E-state index contributed by atoms with van der Waals surface area (Å²) >= 11 is 0. The fourth-order valence-corrected chi connectivity index (χ4v) is 3.51. The van der Waals surface area contributed by atoms with Crippen LogP contribution in [-0.2, 0) is 25.9 Å². The van der Waals surface area contributed by atoms with Crippen molar-refractivity contribution in [2.75, 3.05) is 6.54 Å². The van der Waals surface area contributed by atoms with Gasteiger partial charge in [-0.2, -0.15) is 5.10 Å². The van der Waals surface area contributed by atoms with Crippen molar-refractivity contribution in [2.24, 2.45) is 0 Å². The molecule has 0 aliphatic carbocycles. The number of aryl methyl sites for hydroxylation is 1. The van der Waals surface area contributed by atoms with E-state index in [2.05, 4.69) is 17.2 Å². The predicted octanol–water partition coefficient (Wildman–Crippen LogP) is 2.76. The Morgan fingerprint density at radius 2 is 2.07 bits per heavy atom. The Labute approximate surface area is 163 Å². The van der Waals surface area contributed by atoms with Gasteiger partial charge in [-0.1, -0.05) is 42.4 Å². The third kappa shape index (κ3) is 3.84. The second-order valence-corrected chi connectivity index (χ2v) is 7.14. The van der Waals surface area contributed by atoms with Gasteiger partial charge in [0.05, 0.1) is 24.5 Å². The van der Waals surface area contributed by atoms with Crippen molar-refractivity contribution >= 4 is 5.91 Å². The van der Waals surface area contributed by atoms with Crippen LogP contribution in [-0.4, -0.2) is 37.4 Å². The highest BCUT2D eigenvalue weighted by molar-refractivity contribution is 5.92. The molecular formula is C21H24N4O3. The van der Waals surface area contributed by atoms with Crippen LogP contribution in [0.25, 0.3) is 0 Å². The predicted molar refractivity (Wildman–Crippen MR) is 103 cm³/mol. The third-order valence-electron chi connectivity index (χ3n) is 4.99. The standard InChI is InChI=1S/C21H24N4O3/c1-2-6-17-13-19(23-28-17)21(27)24-9-10-25-16(14-24)12-18(22-25)20(26)11-15-7-4-3-5-8-15/h3-5,7-8,12-13,20,26H,2,6,9-11,14H2,1H3/t20-/m0/s1. The van der Waals surface area contributed by atoms with E-state index >= 15 is 0 Å². The molecule has 1 atom stereocenters. The van der Waals surface area contributed by atoms with Crippen LogP contribution in [0.1, 0.15) is 52.6 Å². The smallest absolute Gasteiger partial charge is 0.276 e. The van der Waals surface area contributed by atoms with Gasteiger partial charge < -0.3 is 14.5 Å². The Bertz CT molecular complexity index is 948. The summed E-state index contributed by atoms with van der Waals surface area (Å²) in [5, 5.41) is 19.0. The highest BCUT2D eigenvalue weighted by Crippen LogP contribution is 2.22. The van der Waals surface area contributed by atoms with Crippen LogP contribution in [0.3, 0.4) is 0 Å². The lowest BCUT2D eigenvalue weighted by molar-refractivity contribution is 0.0695. The second-order valence-electron chi connectivity index (χ2n) is 7.14.